The number of rotatable bonds is 7. The summed E-state index contributed by atoms with van der Waals surface area (Å²) in [6, 6.07) is 8.66. The summed E-state index contributed by atoms with van der Waals surface area (Å²) in [6.07, 6.45) is 0. The van der Waals surface area contributed by atoms with E-state index in [9.17, 15) is 13.4 Å². The van der Waals surface area contributed by atoms with Gasteiger partial charge >= 0.3 is 0 Å². The minimum atomic E-state index is -1.35. The second kappa shape index (κ2) is 8.03. The van der Waals surface area contributed by atoms with Crippen LogP contribution in [-0.4, -0.2) is 42.2 Å². The molecule has 1 heterocycles. The zero-order valence-electron chi connectivity index (χ0n) is 13.0. The van der Waals surface area contributed by atoms with Gasteiger partial charge in [0.05, 0.1) is 16.6 Å². The number of benzene rings is 1. The van der Waals surface area contributed by atoms with Gasteiger partial charge in [-0.1, -0.05) is 0 Å². The van der Waals surface area contributed by atoms with E-state index >= 15 is 0 Å². The van der Waals surface area contributed by atoms with Gasteiger partial charge < -0.3 is 14.6 Å². The van der Waals surface area contributed by atoms with Gasteiger partial charge in [-0.25, -0.2) is 4.39 Å². The molecular weight excluding hydrogens is 319 g/mol. The Labute approximate surface area is 136 Å². The first-order valence-electron chi connectivity index (χ1n) is 7.11. The third-order valence-electron chi connectivity index (χ3n) is 3.08. The monoisotopic (exact) mass is 338 g/mol. The van der Waals surface area contributed by atoms with Crippen LogP contribution in [0.25, 0.3) is 0 Å². The van der Waals surface area contributed by atoms with E-state index in [1.807, 2.05) is 19.0 Å². The van der Waals surface area contributed by atoms with Gasteiger partial charge in [-0.3, -0.25) is 9.00 Å². The third-order valence-corrected chi connectivity index (χ3v) is 4.42. The normalized spacial score (nSPS) is 12.3. The second-order valence-corrected chi connectivity index (χ2v) is 6.72. The summed E-state index contributed by atoms with van der Waals surface area (Å²) in [7, 11) is 2.48. The summed E-state index contributed by atoms with van der Waals surface area (Å²) in [5.41, 5.74) is 0. The fourth-order valence-electron chi connectivity index (χ4n) is 1.86. The van der Waals surface area contributed by atoms with Crippen LogP contribution in [0.1, 0.15) is 16.3 Å². The van der Waals surface area contributed by atoms with Crippen molar-refractivity contribution in [2.24, 2.45) is 0 Å². The Hall–Kier alpha value is -1.99. The quantitative estimate of drug-likeness (QED) is 0.839. The third kappa shape index (κ3) is 5.30. The number of likely N-dealkylation sites (N-methyl/N-ethyl adjacent to an activating group) is 1. The molecule has 0 aliphatic carbocycles. The molecule has 0 radical (unpaired) electrons. The number of nitrogens with zero attached hydrogens (tertiary/aromatic N) is 1. The summed E-state index contributed by atoms with van der Waals surface area (Å²) in [5.74, 6) is 0.0998. The highest BCUT2D eigenvalue weighted by Crippen LogP contribution is 2.15. The molecule has 1 aromatic heterocycles. The predicted molar refractivity (Wildman–Crippen MR) is 86.1 cm³/mol. The molecule has 0 bridgehead atoms. The number of furan rings is 1. The SMILES string of the molecule is CN(C)CCNC(=O)c1ccc(CS(=O)c2ccc(F)cc2)o1. The van der Waals surface area contributed by atoms with E-state index < -0.39 is 10.8 Å². The molecule has 2 rings (SSSR count). The number of nitrogens with one attached hydrogen (secondary N) is 1. The van der Waals surface area contributed by atoms with Crippen LogP contribution in [0.4, 0.5) is 4.39 Å². The first-order chi connectivity index (χ1) is 11.0. The zero-order valence-corrected chi connectivity index (χ0v) is 13.9. The van der Waals surface area contributed by atoms with E-state index in [4.69, 9.17) is 4.42 Å². The first kappa shape index (κ1) is 17.4. The minimum Gasteiger partial charge on any atom is -0.455 e. The molecule has 0 saturated carbocycles. The van der Waals surface area contributed by atoms with Gasteiger partial charge in [0, 0.05) is 18.0 Å². The lowest BCUT2D eigenvalue weighted by atomic mass is 10.4. The molecule has 1 atom stereocenters. The van der Waals surface area contributed by atoms with E-state index in [-0.39, 0.29) is 23.2 Å². The molecule has 0 saturated heterocycles. The van der Waals surface area contributed by atoms with Crippen molar-refractivity contribution in [3.63, 3.8) is 0 Å². The summed E-state index contributed by atoms with van der Waals surface area (Å²) in [5, 5.41) is 2.74. The fourth-order valence-corrected chi connectivity index (χ4v) is 2.88. The van der Waals surface area contributed by atoms with Crippen LogP contribution in [0.5, 0.6) is 0 Å². The molecule has 0 fully saturated rings. The lowest BCUT2D eigenvalue weighted by molar-refractivity contribution is 0.0922. The lowest BCUT2D eigenvalue weighted by Crippen LogP contribution is -2.31. The highest BCUT2D eigenvalue weighted by molar-refractivity contribution is 7.84. The molecule has 7 heteroatoms. The molecule has 1 N–H and O–H groups in total. The van der Waals surface area contributed by atoms with E-state index in [1.54, 1.807) is 12.1 Å². The number of carbonyl (C=O) groups is 1. The maximum Gasteiger partial charge on any atom is 0.287 e. The highest BCUT2D eigenvalue weighted by atomic mass is 32.2. The van der Waals surface area contributed by atoms with Crippen LogP contribution in [0, 0.1) is 5.82 Å². The smallest absolute Gasteiger partial charge is 0.287 e. The van der Waals surface area contributed by atoms with Gasteiger partial charge in [-0.05, 0) is 50.5 Å². The van der Waals surface area contributed by atoms with Gasteiger partial charge in [-0.15, -0.1) is 0 Å². The molecule has 0 aliphatic heterocycles. The van der Waals surface area contributed by atoms with Crippen LogP contribution in [0.2, 0.25) is 0 Å². The Balaban J connectivity index is 1.92. The van der Waals surface area contributed by atoms with E-state index in [0.29, 0.717) is 17.2 Å². The van der Waals surface area contributed by atoms with Crippen LogP contribution in [-0.2, 0) is 16.6 Å². The average molecular weight is 338 g/mol. The molecular formula is C16H19FN2O3S. The Morgan fingerprint density at radius 2 is 1.91 bits per heavy atom. The lowest BCUT2D eigenvalue weighted by Gasteiger charge is -2.09. The number of hydrogen-bond donors (Lipinski definition) is 1. The van der Waals surface area contributed by atoms with Gasteiger partial charge in [-0.2, -0.15) is 0 Å². The van der Waals surface area contributed by atoms with Crippen LogP contribution >= 0.6 is 0 Å². The fraction of sp³-hybridized carbons (Fsp3) is 0.312. The number of carbonyl (C=O) groups excluding carboxylic acids is 1. The van der Waals surface area contributed by atoms with Gasteiger partial charge in [0.1, 0.15) is 11.6 Å². The average Bonchev–Trinajstić information content (AvgIpc) is 2.96. The highest BCUT2D eigenvalue weighted by Gasteiger charge is 2.13. The van der Waals surface area contributed by atoms with E-state index in [2.05, 4.69) is 5.32 Å². The number of amides is 1. The van der Waals surface area contributed by atoms with E-state index in [1.165, 1.54) is 24.3 Å². The van der Waals surface area contributed by atoms with Crippen molar-refractivity contribution >= 4 is 16.7 Å². The van der Waals surface area contributed by atoms with Gasteiger partial charge in [0.15, 0.2) is 5.76 Å². The number of hydrogen-bond acceptors (Lipinski definition) is 4. The van der Waals surface area contributed by atoms with Crippen molar-refractivity contribution in [1.29, 1.82) is 0 Å². The van der Waals surface area contributed by atoms with Crippen LogP contribution in [0.3, 0.4) is 0 Å². The Bertz CT molecular complexity index is 683. The molecule has 1 amide bonds. The van der Waals surface area contributed by atoms with Crippen LogP contribution < -0.4 is 5.32 Å². The Kier molecular flexibility index (Phi) is 6.06. The molecule has 1 aromatic carbocycles. The Morgan fingerprint density at radius 3 is 2.57 bits per heavy atom. The van der Waals surface area contributed by atoms with Crippen molar-refractivity contribution < 1.29 is 17.8 Å². The molecule has 124 valence electrons. The molecule has 2 aromatic rings. The van der Waals surface area contributed by atoms with Crippen molar-refractivity contribution in [1.82, 2.24) is 10.2 Å². The van der Waals surface area contributed by atoms with Crippen molar-refractivity contribution in [2.45, 2.75) is 10.6 Å². The standard InChI is InChI=1S/C16H19FN2O3S/c1-19(2)10-9-18-16(20)15-8-5-13(22-15)11-23(21)14-6-3-12(17)4-7-14/h3-8H,9-11H2,1-2H3,(H,18,20). The van der Waals surface area contributed by atoms with E-state index in [0.717, 1.165) is 6.54 Å². The summed E-state index contributed by atoms with van der Waals surface area (Å²) in [6.45, 7) is 1.25. The zero-order chi connectivity index (χ0) is 16.8. The van der Waals surface area contributed by atoms with Crippen molar-refractivity contribution in [2.75, 3.05) is 27.2 Å². The molecule has 0 aliphatic rings. The minimum absolute atomic E-state index is 0.136. The van der Waals surface area contributed by atoms with Crippen molar-refractivity contribution in [3.8, 4) is 0 Å². The first-order valence-corrected chi connectivity index (χ1v) is 8.43. The van der Waals surface area contributed by atoms with Gasteiger partial charge in [0.2, 0.25) is 0 Å². The topological polar surface area (TPSA) is 62.6 Å². The molecule has 0 spiro atoms. The van der Waals surface area contributed by atoms with Gasteiger partial charge in [0.25, 0.3) is 5.91 Å². The maximum absolute atomic E-state index is 12.9. The Morgan fingerprint density at radius 1 is 1.22 bits per heavy atom. The largest absolute Gasteiger partial charge is 0.455 e. The van der Waals surface area contributed by atoms with Crippen LogP contribution in [0.15, 0.2) is 45.7 Å². The van der Waals surface area contributed by atoms with Crippen molar-refractivity contribution in [3.05, 3.63) is 53.7 Å². The second-order valence-electron chi connectivity index (χ2n) is 5.27. The molecule has 5 nitrogen and oxygen atoms in total. The summed E-state index contributed by atoms with van der Waals surface area (Å²) >= 11 is 0. The molecule has 23 heavy (non-hydrogen) atoms. The predicted octanol–water partition coefficient (Wildman–Crippen LogP) is 2.02. The summed E-state index contributed by atoms with van der Waals surface area (Å²) < 4.78 is 30.5. The molecule has 1 unspecified atom stereocenters. The number of halogens is 1. The summed E-state index contributed by atoms with van der Waals surface area (Å²) in [4.78, 5) is 14.4. The maximum atomic E-state index is 12.9.